The van der Waals surface area contributed by atoms with Crippen molar-refractivity contribution < 1.29 is 14.2 Å². The van der Waals surface area contributed by atoms with Crippen molar-refractivity contribution in [2.24, 2.45) is 0 Å². The lowest BCUT2D eigenvalue weighted by Crippen LogP contribution is -2.11. The van der Waals surface area contributed by atoms with Gasteiger partial charge in [-0.1, -0.05) is 11.6 Å². The van der Waals surface area contributed by atoms with Crippen LogP contribution in [0, 0.1) is 0 Å². The van der Waals surface area contributed by atoms with E-state index in [4.69, 9.17) is 37.4 Å². The second-order valence-corrected chi connectivity index (χ2v) is 3.32. The number of hydrogen-bond donors (Lipinski definition) is 0. The van der Waals surface area contributed by atoms with Gasteiger partial charge in [-0.2, -0.15) is 0 Å². The van der Waals surface area contributed by atoms with Gasteiger partial charge in [0, 0.05) is 5.88 Å². The minimum atomic E-state index is -0.254. The van der Waals surface area contributed by atoms with E-state index in [1.165, 1.54) is 0 Å². The molecule has 0 rings (SSSR count). The summed E-state index contributed by atoms with van der Waals surface area (Å²) >= 11 is 10.9. The highest BCUT2D eigenvalue weighted by Gasteiger charge is 1.94. The number of ether oxygens (including phenoxy) is 3. The molecule has 0 aromatic rings. The van der Waals surface area contributed by atoms with E-state index in [-0.39, 0.29) is 5.56 Å². The van der Waals surface area contributed by atoms with Crippen molar-refractivity contribution in [3.8, 4) is 0 Å². The Labute approximate surface area is 89.2 Å². The Morgan fingerprint density at radius 2 is 1.54 bits per heavy atom. The van der Waals surface area contributed by atoms with E-state index < -0.39 is 0 Å². The molecule has 13 heavy (non-hydrogen) atoms. The molecular weight excluding hydrogens is 215 g/mol. The van der Waals surface area contributed by atoms with Crippen molar-refractivity contribution >= 4 is 23.2 Å². The summed E-state index contributed by atoms with van der Waals surface area (Å²) in [7, 11) is 0. The molecule has 0 bridgehead atoms. The molecule has 0 aromatic heterocycles. The van der Waals surface area contributed by atoms with Gasteiger partial charge in [-0.05, 0) is 6.92 Å². The molecule has 0 aliphatic heterocycles. The van der Waals surface area contributed by atoms with Gasteiger partial charge in [-0.3, -0.25) is 0 Å². The normalized spacial score (nSPS) is 13.2. The third-order valence-corrected chi connectivity index (χ3v) is 1.45. The van der Waals surface area contributed by atoms with Crippen LogP contribution in [0.25, 0.3) is 0 Å². The Morgan fingerprint density at radius 1 is 1.00 bits per heavy atom. The van der Waals surface area contributed by atoms with E-state index in [2.05, 4.69) is 0 Å². The molecule has 0 amide bonds. The summed E-state index contributed by atoms with van der Waals surface area (Å²) in [4.78, 5) is 0. The van der Waals surface area contributed by atoms with Gasteiger partial charge in [0.05, 0.1) is 33.0 Å². The second-order valence-electron chi connectivity index (χ2n) is 2.33. The average Bonchev–Trinajstić information content (AvgIpc) is 2.09. The van der Waals surface area contributed by atoms with Crippen LogP contribution in [-0.2, 0) is 14.2 Å². The van der Waals surface area contributed by atoms with Gasteiger partial charge in [0.1, 0.15) is 5.56 Å². The first-order chi connectivity index (χ1) is 6.27. The summed E-state index contributed by atoms with van der Waals surface area (Å²) in [6.45, 7) is 4.53. The van der Waals surface area contributed by atoms with E-state index in [0.717, 1.165) is 0 Å². The minimum Gasteiger partial charge on any atom is -0.378 e. The smallest absolute Gasteiger partial charge is 0.128 e. The zero-order chi connectivity index (χ0) is 9.94. The number of hydrogen-bond acceptors (Lipinski definition) is 3. The van der Waals surface area contributed by atoms with Gasteiger partial charge in [0.2, 0.25) is 0 Å². The Bertz CT molecular complexity index is 101. The topological polar surface area (TPSA) is 27.7 Å². The highest BCUT2D eigenvalue weighted by Crippen LogP contribution is 1.94. The molecule has 0 unspecified atom stereocenters. The predicted octanol–water partition coefficient (Wildman–Crippen LogP) is 1.86. The highest BCUT2D eigenvalue weighted by molar-refractivity contribution is 6.19. The molecule has 5 heteroatoms. The molecule has 0 saturated carbocycles. The van der Waals surface area contributed by atoms with Crippen LogP contribution in [0.4, 0.5) is 0 Å². The van der Waals surface area contributed by atoms with Crippen LogP contribution in [0.2, 0.25) is 0 Å². The first kappa shape index (κ1) is 13.5. The monoisotopic (exact) mass is 230 g/mol. The van der Waals surface area contributed by atoms with Crippen LogP contribution in [-0.4, -0.2) is 44.5 Å². The summed E-state index contributed by atoms with van der Waals surface area (Å²) in [5, 5.41) is 0. The number of halogens is 2. The zero-order valence-corrected chi connectivity index (χ0v) is 9.31. The van der Waals surface area contributed by atoms with Crippen LogP contribution < -0.4 is 0 Å². The molecule has 1 atom stereocenters. The van der Waals surface area contributed by atoms with Crippen molar-refractivity contribution in [1.82, 2.24) is 0 Å². The molecule has 0 radical (unpaired) electrons. The van der Waals surface area contributed by atoms with E-state index in [1.807, 2.05) is 0 Å². The minimum absolute atomic E-state index is 0.254. The molecule has 0 aliphatic rings. The van der Waals surface area contributed by atoms with Crippen LogP contribution >= 0.6 is 23.2 Å². The fourth-order valence-electron chi connectivity index (χ4n) is 0.646. The summed E-state index contributed by atoms with van der Waals surface area (Å²) in [6.07, 6.45) is 0. The van der Waals surface area contributed by atoms with Gasteiger partial charge in [0.15, 0.2) is 0 Å². The van der Waals surface area contributed by atoms with E-state index in [9.17, 15) is 0 Å². The molecule has 0 saturated heterocycles. The van der Waals surface area contributed by atoms with Gasteiger partial charge >= 0.3 is 0 Å². The summed E-state index contributed by atoms with van der Waals surface area (Å²) < 4.78 is 15.3. The first-order valence-corrected chi connectivity index (χ1v) is 5.21. The Morgan fingerprint density at radius 3 is 2.08 bits per heavy atom. The molecule has 0 N–H and O–H groups in total. The van der Waals surface area contributed by atoms with E-state index >= 15 is 0 Å². The van der Waals surface area contributed by atoms with Gasteiger partial charge < -0.3 is 14.2 Å². The molecule has 0 heterocycles. The maximum Gasteiger partial charge on any atom is 0.128 e. The quantitative estimate of drug-likeness (QED) is 0.447. The maximum absolute atomic E-state index is 5.54. The number of alkyl halides is 2. The van der Waals surface area contributed by atoms with E-state index in [0.29, 0.717) is 38.9 Å². The predicted molar refractivity (Wildman–Crippen MR) is 53.6 cm³/mol. The standard InChI is InChI=1S/C8H16Cl2O3/c1-8(10)13-7-6-12-5-4-11-3-2-9/h8H,2-7H2,1H3/t8-/m1/s1. The second kappa shape index (κ2) is 10.5. The molecule has 3 nitrogen and oxygen atoms in total. The molecule has 0 aliphatic carbocycles. The lowest BCUT2D eigenvalue weighted by atomic mass is 10.7. The Hall–Kier alpha value is 0.460. The van der Waals surface area contributed by atoms with Crippen molar-refractivity contribution in [3.63, 3.8) is 0 Å². The lowest BCUT2D eigenvalue weighted by Gasteiger charge is -2.06. The summed E-state index contributed by atoms with van der Waals surface area (Å²) in [5.41, 5.74) is -0.254. The van der Waals surface area contributed by atoms with Gasteiger partial charge in [-0.25, -0.2) is 0 Å². The fraction of sp³-hybridized carbons (Fsp3) is 1.00. The molecule has 0 aromatic carbocycles. The third-order valence-electron chi connectivity index (χ3n) is 1.17. The largest absolute Gasteiger partial charge is 0.378 e. The summed E-state index contributed by atoms with van der Waals surface area (Å²) in [5.74, 6) is 0.521. The molecule has 80 valence electrons. The Balaban J connectivity index is 2.84. The first-order valence-electron chi connectivity index (χ1n) is 4.24. The van der Waals surface area contributed by atoms with Crippen LogP contribution in [0.15, 0.2) is 0 Å². The van der Waals surface area contributed by atoms with Crippen molar-refractivity contribution in [1.29, 1.82) is 0 Å². The average molecular weight is 231 g/mol. The molecular formula is C8H16Cl2O3. The van der Waals surface area contributed by atoms with Crippen LogP contribution in [0.1, 0.15) is 6.92 Å². The lowest BCUT2D eigenvalue weighted by molar-refractivity contribution is 0.0130. The van der Waals surface area contributed by atoms with Crippen LogP contribution in [0.3, 0.4) is 0 Å². The molecule has 0 spiro atoms. The maximum atomic E-state index is 5.54. The van der Waals surface area contributed by atoms with Gasteiger partial charge in [-0.15, -0.1) is 11.6 Å². The zero-order valence-electron chi connectivity index (χ0n) is 7.80. The van der Waals surface area contributed by atoms with Crippen molar-refractivity contribution in [2.45, 2.75) is 12.5 Å². The van der Waals surface area contributed by atoms with Crippen LogP contribution in [0.5, 0.6) is 0 Å². The number of rotatable bonds is 9. The highest BCUT2D eigenvalue weighted by atomic mass is 35.5. The van der Waals surface area contributed by atoms with E-state index in [1.54, 1.807) is 6.92 Å². The summed E-state index contributed by atoms with van der Waals surface area (Å²) in [6, 6.07) is 0. The Kier molecular flexibility index (Phi) is 10.9. The van der Waals surface area contributed by atoms with Crippen molar-refractivity contribution in [2.75, 3.05) is 38.9 Å². The molecule has 0 fully saturated rings. The van der Waals surface area contributed by atoms with Gasteiger partial charge in [0.25, 0.3) is 0 Å². The SMILES string of the molecule is C[C@H](Cl)OCCOCCOCCCl. The fourth-order valence-corrected chi connectivity index (χ4v) is 0.844. The van der Waals surface area contributed by atoms with Crippen molar-refractivity contribution in [3.05, 3.63) is 0 Å². The third kappa shape index (κ3) is 12.5.